The molecule has 0 aromatic heterocycles. The Labute approximate surface area is 86.7 Å². The number of sulfonamides is 1. The predicted molar refractivity (Wildman–Crippen MR) is 61.1 cm³/mol. The minimum Gasteiger partial charge on any atom is -0.284 e. The Hall–Kier alpha value is -1.03. The number of hydrogen-bond donors (Lipinski definition) is 1. The van der Waals surface area contributed by atoms with Gasteiger partial charge < -0.3 is 0 Å². The van der Waals surface area contributed by atoms with Crippen molar-refractivity contribution in [1.82, 2.24) is 0 Å². The van der Waals surface area contributed by atoms with E-state index in [1.54, 1.807) is 6.07 Å². The molecule has 14 heavy (non-hydrogen) atoms. The molecule has 0 aliphatic rings. The van der Waals surface area contributed by atoms with Gasteiger partial charge in [-0.1, -0.05) is 26.0 Å². The minimum absolute atomic E-state index is 0. The van der Waals surface area contributed by atoms with Gasteiger partial charge in [0.2, 0.25) is 10.0 Å². The van der Waals surface area contributed by atoms with Crippen molar-refractivity contribution in [2.75, 3.05) is 11.0 Å². The van der Waals surface area contributed by atoms with Crippen molar-refractivity contribution in [2.24, 2.45) is 0 Å². The van der Waals surface area contributed by atoms with Crippen molar-refractivity contribution < 1.29 is 9.84 Å². The number of benzene rings is 1. The second-order valence-electron chi connectivity index (χ2n) is 3.65. The maximum atomic E-state index is 11.0. The van der Waals surface area contributed by atoms with Crippen LogP contribution in [0.2, 0.25) is 0 Å². The van der Waals surface area contributed by atoms with Crippen molar-refractivity contribution in [3.8, 4) is 0 Å². The van der Waals surface area contributed by atoms with E-state index in [0.717, 1.165) is 11.8 Å². The van der Waals surface area contributed by atoms with E-state index in [0.29, 0.717) is 11.6 Å². The van der Waals surface area contributed by atoms with Crippen LogP contribution in [0.15, 0.2) is 24.3 Å². The molecule has 4 heteroatoms. The molecule has 0 saturated carbocycles. The fourth-order valence-electron chi connectivity index (χ4n) is 1.18. The summed E-state index contributed by atoms with van der Waals surface area (Å²) in [5.74, 6) is 0.399. The Balaban J connectivity index is 0.00000196. The fraction of sp³-hybridized carbons (Fsp3) is 0.400. The Morgan fingerprint density at radius 1 is 1.36 bits per heavy atom. The second kappa shape index (κ2) is 4.00. The molecule has 3 nitrogen and oxygen atoms in total. The average molecular weight is 215 g/mol. The first-order chi connectivity index (χ1) is 6.38. The summed E-state index contributed by atoms with van der Waals surface area (Å²) in [4.78, 5) is 0. The van der Waals surface area contributed by atoms with E-state index in [-0.39, 0.29) is 1.43 Å². The van der Waals surface area contributed by atoms with Crippen LogP contribution in [0, 0.1) is 0 Å². The molecule has 0 aliphatic carbocycles. The summed E-state index contributed by atoms with van der Waals surface area (Å²) in [6, 6.07) is 7.43. The van der Waals surface area contributed by atoms with Gasteiger partial charge in [-0.05, 0) is 23.6 Å². The van der Waals surface area contributed by atoms with Crippen LogP contribution in [0.1, 0.15) is 26.8 Å². The number of anilines is 1. The molecule has 1 aromatic rings. The van der Waals surface area contributed by atoms with Gasteiger partial charge in [-0.2, -0.15) is 0 Å². The first-order valence-corrected chi connectivity index (χ1v) is 6.35. The molecule has 0 amide bonds. The highest BCUT2D eigenvalue weighted by Gasteiger charge is 2.03. The Kier molecular flexibility index (Phi) is 3.16. The maximum Gasteiger partial charge on any atom is 0.229 e. The van der Waals surface area contributed by atoms with Crippen LogP contribution in [0.25, 0.3) is 0 Å². The molecule has 0 heterocycles. The molecule has 0 aliphatic heterocycles. The highest BCUT2D eigenvalue weighted by Crippen LogP contribution is 2.18. The van der Waals surface area contributed by atoms with Gasteiger partial charge in [-0.15, -0.1) is 0 Å². The van der Waals surface area contributed by atoms with E-state index in [9.17, 15) is 8.42 Å². The number of hydrogen-bond acceptors (Lipinski definition) is 2. The molecule has 1 N–H and O–H groups in total. The molecule has 0 unspecified atom stereocenters. The lowest BCUT2D eigenvalue weighted by Gasteiger charge is -2.08. The normalized spacial score (nSPS) is 11.7. The van der Waals surface area contributed by atoms with Crippen molar-refractivity contribution in [2.45, 2.75) is 19.8 Å². The lowest BCUT2D eigenvalue weighted by Crippen LogP contribution is -2.09. The van der Waals surface area contributed by atoms with Gasteiger partial charge in [-0.3, -0.25) is 4.72 Å². The van der Waals surface area contributed by atoms with Crippen LogP contribution in [-0.2, 0) is 10.0 Å². The summed E-state index contributed by atoms with van der Waals surface area (Å²) in [5, 5.41) is 0. The van der Waals surface area contributed by atoms with Gasteiger partial charge in [0, 0.05) is 7.11 Å². The average Bonchev–Trinajstić information content (AvgIpc) is 2.01. The van der Waals surface area contributed by atoms with Gasteiger partial charge in [-0.25, -0.2) is 8.42 Å². The summed E-state index contributed by atoms with van der Waals surface area (Å²) in [6.07, 6.45) is 1.15. The maximum absolute atomic E-state index is 11.0. The summed E-state index contributed by atoms with van der Waals surface area (Å²) in [6.45, 7) is 4.14. The van der Waals surface area contributed by atoms with Crippen molar-refractivity contribution in [3.63, 3.8) is 0 Å². The van der Waals surface area contributed by atoms with Gasteiger partial charge in [0.1, 0.15) is 0 Å². The zero-order valence-electron chi connectivity index (χ0n) is 8.61. The first-order valence-electron chi connectivity index (χ1n) is 4.46. The number of nitrogens with one attached hydrogen (secondary N) is 1. The molecule has 80 valence electrons. The highest BCUT2D eigenvalue weighted by atomic mass is 32.2. The quantitative estimate of drug-likeness (QED) is 0.841. The summed E-state index contributed by atoms with van der Waals surface area (Å²) < 4.78 is 24.4. The van der Waals surface area contributed by atoms with E-state index < -0.39 is 10.0 Å². The van der Waals surface area contributed by atoms with Crippen LogP contribution in [0.4, 0.5) is 5.69 Å². The molecular formula is C10H17NO2S. The Morgan fingerprint density at radius 3 is 2.50 bits per heavy atom. The lowest BCUT2D eigenvalue weighted by atomic mass is 10.0. The highest BCUT2D eigenvalue weighted by molar-refractivity contribution is 7.92. The lowest BCUT2D eigenvalue weighted by molar-refractivity contribution is 0.607. The molecule has 1 rings (SSSR count). The van der Waals surface area contributed by atoms with E-state index >= 15 is 0 Å². The fourth-order valence-corrected chi connectivity index (χ4v) is 1.73. The Morgan fingerprint density at radius 2 is 2.00 bits per heavy atom. The van der Waals surface area contributed by atoms with E-state index in [2.05, 4.69) is 18.6 Å². The third kappa shape index (κ3) is 3.38. The van der Waals surface area contributed by atoms with Gasteiger partial charge in [0.15, 0.2) is 0 Å². The first kappa shape index (κ1) is 11.0. The van der Waals surface area contributed by atoms with Crippen LogP contribution in [0.3, 0.4) is 0 Å². The summed E-state index contributed by atoms with van der Waals surface area (Å²) in [7, 11) is -3.17. The topological polar surface area (TPSA) is 46.2 Å². The van der Waals surface area contributed by atoms with E-state index in [1.807, 2.05) is 18.2 Å². The van der Waals surface area contributed by atoms with Crippen molar-refractivity contribution in [3.05, 3.63) is 29.8 Å². The van der Waals surface area contributed by atoms with Crippen molar-refractivity contribution in [1.29, 1.82) is 0 Å². The van der Waals surface area contributed by atoms with Crippen LogP contribution >= 0.6 is 0 Å². The Bertz CT molecular complexity index is 415. The standard InChI is InChI=1S/C10H15NO2S.H2/c1-8(2)9-5-4-6-10(7-9)11-14(3,12)13;/h4-8,11H,1-3H3;1H. The summed E-state index contributed by atoms with van der Waals surface area (Å²) >= 11 is 0. The van der Waals surface area contributed by atoms with Crippen LogP contribution < -0.4 is 4.72 Å². The van der Waals surface area contributed by atoms with Gasteiger partial charge in [0.05, 0.1) is 6.26 Å². The van der Waals surface area contributed by atoms with Gasteiger partial charge in [0.25, 0.3) is 0 Å². The van der Waals surface area contributed by atoms with Crippen LogP contribution in [0.5, 0.6) is 0 Å². The molecule has 0 atom stereocenters. The zero-order chi connectivity index (χ0) is 10.8. The monoisotopic (exact) mass is 215 g/mol. The predicted octanol–water partition coefficient (Wildman–Crippen LogP) is 2.43. The van der Waals surface area contributed by atoms with Crippen LogP contribution in [-0.4, -0.2) is 14.7 Å². The molecule has 0 fully saturated rings. The minimum atomic E-state index is -3.17. The van der Waals surface area contributed by atoms with Crippen molar-refractivity contribution >= 4 is 15.7 Å². The zero-order valence-corrected chi connectivity index (χ0v) is 9.43. The molecule has 0 bridgehead atoms. The van der Waals surface area contributed by atoms with E-state index in [1.165, 1.54) is 0 Å². The molecule has 0 spiro atoms. The molecule has 0 saturated heterocycles. The molecule has 0 radical (unpaired) electrons. The number of rotatable bonds is 3. The SMILES string of the molecule is CC(C)c1cccc(NS(C)(=O)=O)c1.[HH]. The summed E-state index contributed by atoms with van der Waals surface area (Å²) in [5.41, 5.74) is 1.75. The third-order valence-electron chi connectivity index (χ3n) is 1.86. The molecular weight excluding hydrogens is 198 g/mol. The largest absolute Gasteiger partial charge is 0.284 e. The second-order valence-corrected chi connectivity index (χ2v) is 5.40. The third-order valence-corrected chi connectivity index (χ3v) is 2.46. The molecule has 1 aromatic carbocycles. The van der Waals surface area contributed by atoms with E-state index in [4.69, 9.17) is 0 Å². The van der Waals surface area contributed by atoms with Gasteiger partial charge >= 0.3 is 0 Å². The smallest absolute Gasteiger partial charge is 0.229 e.